The number of anilines is 1. The average molecular weight is 321 g/mol. The molecular formula is C17H28N2O2Si. The van der Waals surface area contributed by atoms with E-state index in [9.17, 15) is 4.79 Å². The van der Waals surface area contributed by atoms with Crippen LogP contribution in [0.2, 0.25) is 19.6 Å². The number of nitrogens with zero attached hydrogens (tertiary/aromatic N) is 1. The summed E-state index contributed by atoms with van der Waals surface area (Å²) < 4.78 is 5.35. The Hall–Kier alpha value is -1.33. The van der Waals surface area contributed by atoms with E-state index in [0.29, 0.717) is 5.75 Å². The van der Waals surface area contributed by atoms with Crippen LogP contribution in [0.4, 0.5) is 5.69 Å². The van der Waals surface area contributed by atoms with Crippen LogP contribution >= 0.6 is 0 Å². The van der Waals surface area contributed by atoms with Crippen molar-refractivity contribution in [3.63, 3.8) is 0 Å². The van der Waals surface area contributed by atoms with Gasteiger partial charge < -0.3 is 10.1 Å². The zero-order valence-corrected chi connectivity index (χ0v) is 15.4. The van der Waals surface area contributed by atoms with Crippen LogP contribution in [0.5, 0.6) is 5.75 Å². The number of aryl methyl sites for hydroxylation is 1. The molecule has 1 heterocycles. The first-order valence-electron chi connectivity index (χ1n) is 8.00. The lowest BCUT2D eigenvalue weighted by Gasteiger charge is -2.29. The number of ether oxygens (including phenoxy) is 1. The average Bonchev–Trinajstić information content (AvgIpc) is 2.85. The maximum absolute atomic E-state index is 12.7. The molecule has 1 aromatic carbocycles. The summed E-state index contributed by atoms with van der Waals surface area (Å²) in [5, 5.41) is 3.07. The van der Waals surface area contributed by atoms with E-state index in [0.717, 1.165) is 36.8 Å². The van der Waals surface area contributed by atoms with Crippen molar-refractivity contribution in [3.05, 3.63) is 23.8 Å². The molecule has 1 unspecified atom stereocenters. The van der Waals surface area contributed by atoms with Crippen molar-refractivity contribution in [2.45, 2.75) is 45.4 Å². The second-order valence-electron chi connectivity index (χ2n) is 7.38. The largest absolute Gasteiger partial charge is 0.495 e. The van der Waals surface area contributed by atoms with E-state index < -0.39 is 8.07 Å². The van der Waals surface area contributed by atoms with Crippen LogP contribution in [-0.2, 0) is 4.79 Å². The van der Waals surface area contributed by atoms with Crippen LogP contribution < -0.4 is 10.1 Å². The van der Waals surface area contributed by atoms with Crippen molar-refractivity contribution >= 4 is 19.7 Å². The first-order valence-corrected chi connectivity index (χ1v) is 11.7. The molecule has 1 saturated heterocycles. The Labute approximate surface area is 134 Å². The van der Waals surface area contributed by atoms with Gasteiger partial charge in [-0.2, -0.15) is 0 Å². The molecule has 1 amide bonds. The zero-order valence-electron chi connectivity index (χ0n) is 14.4. The molecule has 1 aliphatic rings. The molecule has 4 nitrogen and oxygen atoms in total. The van der Waals surface area contributed by atoms with Crippen molar-refractivity contribution in [2.75, 3.05) is 25.1 Å². The van der Waals surface area contributed by atoms with Crippen LogP contribution in [0.25, 0.3) is 0 Å². The Balaban J connectivity index is 2.10. The molecule has 1 aromatic rings. The summed E-state index contributed by atoms with van der Waals surface area (Å²) in [7, 11) is 0.425. The monoisotopic (exact) mass is 320 g/mol. The molecule has 0 radical (unpaired) electrons. The van der Waals surface area contributed by atoms with Crippen LogP contribution in [0.3, 0.4) is 0 Å². The molecule has 1 aliphatic heterocycles. The summed E-state index contributed by atoms with van der Waals surface area (Å²) >= 11 is 0. The first-order chi connectivity index (χ1) is 10.3. The summed E-state index contributed by atoms with van der Waals surface area (Å²) in [5.41, 5.74) is 1.88. The lowest BCUT2D eigenvalue weighted by Crippen LogP contribution is -2.47. The third-order valence-electron chi connectivity index (χ3n) is 3.96. The van der Waals surface area contributed by atoms with Gasteiger partial charge in [-0.3, -0.25) is 9.69 Å². The fourth-order valence-electron chi connectivity index (χ4n) is 3.06. The minimum atomic E-state index is -1.21. The molecule has 0 bridgehead atoms. The van der Waals surface area contributed by atoms with Gasteiger partial charge in [0.1, 0.15) is 5.75 Å². The number of likely N-dealkylation sites (tertiary alicyclic amines) is 1. The van der Waals surface area contributed by atoms with E-state index in [-0.39, 0.29) is 11.9 Å². The molecule has 0 aliphatic carbocycles. The van der Waals surface area contributed by atoms with E-state index in [1.165, 1.54) is 0 Å². The minimum Gasteiger partial charge on any atom is -0.495 e. The molecule has 0 spiro atoms. The minimum absolute atomic E-state index is 0.00283. The van der Waals surface area contributed by atoms with Crippen LogP contribution in [0, 0.1) is 6.92 Å². The highest BCUT2D eigenvalue weighted by molar-refractivity contribution is 6.76. The van der Waals surface area contributed by atoms with Crippen molar-refractivity contribution in [2.24, 2.45) is 0 Å². The molecule has 1 N–H and O–H groups in total. The van der Waals surface area contributed by atoms with Gasteiger partial charge in [-0.25, -0.2) is 0 Å². The van der Waals surface area contributed by atoms with E-state index in [1.54, 1.807) is 7.11 Å². The summed E-state index contributed by atoms with van der Waals surface area (Å²) in [6.45, 7) is 10.1. The van der Waals surface area contributed by atoms with Crippen LogP contribution in [0.1, 0.15) is 18.4 Å². The molecular weight excluding hydrogens is 292 g/mol. The Bertz CT molecular complexity index is 540. The Morgan fingerprint density at radius 2 is 2.14 bits per heavy atom. The van der Waals surface area contributed by atoms with Crippen molar-refractivity contribution in [1.29, 1.82) is 0 Å². The van der Waals surface area contributed by atoms with Gasteiger partial charge in [0, 0.05) is 0 Å². The Kier molecular flexibility index (Phi) is 5.29. The predicted octanol–water partition coefficient (Wildman–Crippen LogP) is 3.28. The second kappa shape index (κ2) is 6.83. The fraction of sp³-hybridized carbons (Fsp3) is 0.588. The van der Waals surface area contributed by atoms with E-state index in [2.05, 4.69) is 29.9 Å². The van der Waals surface area contributed by atoms with Gasteiger partial charge in [-0.1, -0.05) is 25.7 Å². The summed E-state index contributed by atoms with van der Waals surface area (Å²) in [4.78, 5) is 15.1. The summed E-state index contributed by atoms with van der Waals surface area (Å²) in [6.07, 6.45) is 3.13. The number of hydrogen-bond acceptors (Lipinski definition) is 3. The number of carbonyl (C=O) groups is 1. The number of amides is 1. The topological polar surface area (TPSA) is 41.6 Å². The highest BCUT2D eigenvalue weighted by Crippen LogP contribution is 2.27. The molecule has 0 saturated carbocycles. The lowest BCUT2D eigenvalue weighted by atomic mass is 10.1. The lowest BCUT2D eigenvalue weighted by molar-refractivity contribution is -0.120. The third kappa shape index (κ3) is 4.33. The quantitative estimate of drug-likeness (QED) is 0.847. The van der Waals surface area contributed by atoms with Crippen LogP contribution in [0.15, 0.2) is 18.2 Å². The molecule has 5 heteroatoms. The standard InChI is InChI=1S/C17H28N2O2Si/c1-13-8-9-16(21-2)14(11-13)18-17(20)15-7-6-10-19(15)12-22(3,4)5/h8-9,11,15H,6-7,10,12H2,1-5H3,(H,18,20). The van der Waals surface area contributed by atoms with Gasteiger partial charge in [-0.05, 0) is 50.2 Å². The molecule has 0 aromatic heterocycles. The van der Waals surface area contributed by atoms with Gasteiger partial charge in [0.2, 0.25) is 5.91 Å². The van der Waals surface area contributed by atoms with Gasteiger partial charge in [0.05, 0.1) is 26.9 Å². The first kappa shape index (κ1) is 17.0. The van der Waals surface area contributed by atoms with E-state index >= 15 is 0 Å². The molecule has 22 heavy (non-hydrogen) atoms. The Morgan fingerprint density at radius 1 is 1.41 bits per heavy atom. The van der Waals surface area contributed by atoms with Crippen molar-refractivity contribution in [1.82, 2.24) is 4.90 Å². The summed E-state index contributed by atoms with van der Waals surface area (Å²) in [5.74, 6) is 0.813. The molecule has 2 rings (SSSR count). The van der Waals surface area contributed by atoms with E-state index in [1.807, 2.05) is 25.1 Å². The van der Waals surface area contributed by atoms with Gasteiger partial charge in [0.25, 0.3) is 0 Å². The van der Waals surface area contributed by atoms with E-state index in [4.69, 9.17) is 4.74 Å². The number of benzene rings is 1. The molecule has 1 atom stereocenters. The number of methoxy groups -OCH3 is 1. The Morgan fingerprint density at radius 3 is 2.77 bits per heavy atom. The van der Waals surface area contributed by atoms with Crippen LogP contribution in [-0.4, -0.2) is 44.7 Å². The molecule has 1 fully saturated rings. The van der Waals surface area contributed by atoms with Crippen molar-refractivity contribution < 1.29 is 9.53 Å². The van der Waals surface area contributed by atoms with Gasteiger partial charge in [-0.15, -0.1) is 0 Å². The number of hydrogen-bond donors (Lipinski definition) is 1. The SMILES string of the molecule is COc1ccc(C)cc1NC(=O)C1CCCN1C[Si](C)(C)C. The predicted molar refractivity (Wildman–Crippen MR) is 94.3 cm³/mol. The maximum Gasteiger partial charge on any atom is 0.241 e. The van der Waals surface area contributed by atoms with Gasteiger partial charge >= 0.3 is 0 Å². The highest BCUT2D eigenvalue weighted by Gasteiger charge is 2.33. The fourth-order valence-corrected chi connectivity index (χ4v) is 4.65. The number of carbonyl (C=O) groups excluding carboxylic acids is 1. The van der Waals surface area contributed by atoms with Gasteiger partial charge in [0.15, 0.2) is 0 Å². The smallest absolute Gasteiger partial charge is 0.241 e. The second-order valence-corrected chi connectivity index (χ2v) is 12.8. The number of rotatable bonds is 5. The maximum atomic E-state index is 12.7. The summed E-state index contributed by atoms with van der Waals surface area (Å²) in [6, 6.07) is 5.85. The zero-order chi connectivity index (χ0) is 16.3. The van der Waals surface area contributed by atoms with Crippen molar-refractivity contribution in [3.8, 4) is 5.75 Å². The highest BCUT2D eigenvalue weighted by atomic mass is 28.3. The normalized spacial score (nSPS) is 19.2. The molecule has 122 valence electrons. The number of nitrogens with one attached hydrogen (secondary N) is 1. The third-order valence-corrected chi connectivity index (χ3v) is 5.31.